The Labute approximate surface area is 291 Å². The monoisotopic (exact) mass is 637 g/mol. The second-order valence-electron chi connectivity index (χ2n) is 13.2. The molecule has 0 aliphatic heterocycles. The molecule has 3 nitrogen and oxygen atoms in total. The lowest BCUT2D eigenvalue weighted by molar-refractivity contribution is 1.07. The Morgan fingerprint density at radius 2 is 0.720 bits per heavy atom. The molecule has 7 aromatic carbocycles. The number of rotatable bonds is 5. The van der Waals surface area contributed by atoms with E-state index in [2.05, 4.69) is 140 Å². The molecule has 10 rings (SSSR count). The molecule has 2 aliphatic carbocycles. The molecule has 3 heteroatoms. The van der Waals surface area contributed by atoms with E-state index < -0.39 is 0 Å². The van der Waals surface area contributed by atoms with E-state index in [4.69, 9.17) is 15.0 Å². The van der Waals surface area contributed by atoms with Gasteiger partial charge in [-0.2, -0.15) is 0 Å². The van der Waals surface area contributed by atoms with Crippen LogP contribution in [0, 0.1) is 0 Å². The number of hydrogen-bond donors (Lipinski definition) is 0. The zero-order valence-electron chi connectivity index (χ0n) is 27.3. The van der Waals surface area contributed by atoms with Crippen molar-refractivity contribution in [3.8, 4) is 78.7 Å². The lowest BCUT2D eigenvalue weighted by atomic mass is 9.90. The molecule has 8 aromatic rings. The van der Waals surface area contributed by atoms with Crippen LogP contribution in [0.1, 0.15) is 22.3 Å². The van der Waals surface area contributed by atoms with Gasteiger partial charge in [0, 0.05) is 16.7 Å². The van der Waals surface area contributed by atoms with Crippen molar-refractivity contribution in [2.24, 2.45) is 0 Å². The van der Waals surface area contributed by atoms with E-state index in [0.29, 0.717) is 11.6 Å². The van der Waals surface area contributed by atoms with Gasteiger partial charge in [0.15, 0.2) is 17.5 Å². The van der Waals surface area contributed by atoms with Crippen LogP contribution in [0.4, 0.5) is 0 Å². The highest BCUT2D eigenvalue weighted by Crippen LogP contribution is 2.52. The first-order valence-corrected chi connectivity index (χ1v) is 17.2. The van der Waals surface area contributed by atoms with Gasteiger partial charge in [0.05, 0.1) is 0 Å². The molecular weight excluding hydrogens is 607 g/mol. The molecule has 0 spiro atoms. The van der Waals surface area contributed by atoms with Crippen LogP contribution < -0.4 is 0 Å². The van der Waals surface area contributed by atoms with Gasteiger partial charge in [-0.1, -0.05) is 158 Å². The summed E-state index contributed by atoms with van der Waals surface area (Å²) in [5.41, 5.74) is 18.5. The summed E-state index contributed by atoms with van der Waals surface area (Å²) < 4.78 is 0. The lowest BCUT2D eigenvalue weighted by Gasteiger charge is -2.16. The SMILES string of the molecule is c1ccc(-c2ccc(-c3ccc(-c4nc(-c5ccccc5)nc(-c5cc6c(c7c5Cc5ccccc5-7)-c5ccccc5C6)n4)cc3)cc2)cc1. The topological polar surface area (TPSA) is 38.7 Å². The van der Waals surface area contributed by atoms with Crippen molar-refractivity contribution in [2.45, 2.75) is 12.8 Å². The first kappa shape index (κ1) is 28.6. The second kappa shape index (κ2) is 11.6. The highest BCUT2D eigenvalue weighted by atomic mass is 15.0. The van der Waals surface area contributed by atoms with Crippen LogP contribution in [0.25, 0.3) is 78.7 Å². The zero-order valence-corrected chi connectivity index (χ0v) is 27.3. The van der Waals surface area contributed by atoms with Gasteiger partial charge in [-0.3, -0.25) is 0 Å². The van der Waals surface area contributed by atoms with E-state index in [1.54, 1.807) is 0 Å². The van der Waals surface area contributed by atoms with Crippen LogP contribution in [0.3, 0.4) is 0 Å². The molecule has 0 saturated carbocycles. The van der Waals surface area contributed by atoms with Crippen LogP contribution in [-0.2, 0) is 12.8 Å². The quantitative estimate of drug-likeness (QED) is 0.188. The number of aromatic nitrogens is 3. The van der Waals surface area contributed by atoms with Gasteiger partial charge >= 0.3 is 0 Å². The smallest absolute Gasteiger partial charge is 0.164 e. The molecule has 0 radical (unpaired) electrons. The molecule has 0 bridgehead atoms. The maximum atomic E-state index is 5.24. The largest absolute Gasteiger partial charge is 0.208 e. The highest BCUT2D eigenvalue weighted by Gasteiger charge is 2.32. The average molecular weight is 638 g/mol. The molecule has 2 aliphatic rings. The Morgan fingerprint density at radius 3 is 1.32 bits per heavy atom. The number of fused-ring (bicyclic) bond motifs is 7. The minimum Gasteiger partial charge on any atom is -0.208 e. The van der Waals surface area contributed by atoms with Gasteiger partial charge in [-0.25, -0.2) is 15.0 Å². The van der Waals surface area contributed by atoms with Crippen molar-refractivity contribution < 1.29 is 0 Å². The fourth-order valence-corrected chi connectivity index (χ4v) is 7.78. The molecule has 1 aromatic heterocycles. The third kappa shape index (κ3) is 4.78. The molecule has 0 atom stereocenters. The van der Waals surface area contributed by atoms with Gasteiger partial charge in [0.25, 0.3) is 0 Å². The summed E-state index contributed by atoms with van der Waals surface area (Å²) in [5.74, 6) is 2.07. The summed E-state index contributed by atoms with van der Waals surface area (Å²) in [6, 6.07) is 58.1. The van der Waals surface area contributed by atoms with Crippen LogP contribution in [0.5, 0.6) is 0 Å². The van der Waals surface area contributed by atoms with Gasteiger partial charge in [-0.05, 0) is 85.7 Å². The molecule has 0 unspecified atom stereocenters. The fourth-order valence-electron chi connectivity index (χ4n) is 7.78. The average Bonchev–Trinajstić information content (AvgIpc) is 3.77. The standard InChI is InChI=1S/C47H31N3/c1-3-11-30(12-4-1)31-19-21-32(22-20-31)33-23-25-35(26-24-33)46-48-45(34-13-5-2-6-14-34)49-47(50-46)42-29-38-27-36-15-7-9-17-39(36)43(38)44-40-18-10-8-16-37(40)28-41(42)44/h1-26,29H,27-28H2. The van der Waals surface area contributed by atoms with Gasteiger partial charge in [0.1, 0.15) is 0 Å². The lowest BCUT2D eigenvalue weighted by Crippen LogP contribution is -2.03. The zero-order chi connectivity index (χ0) is 33.0. The predicted octanol–water partition coefficient (Wildman–Crippen LogP) is 11.3. The normalized spacial score (nSPS) is 12.2. The highest BCUT2D eigenvalue weighted by molar-refractivity contribution is 5.98. The number of hydrogen-bond acceptors (Lipinski definition) is 3. The molecule has 0 fully saturated rings. The van der Waals surface area contributed by atoms with Crippen molar-refractivity contribution in [2.75, 3.05) is 0 Å². The first-order valence-electron chi connectivity index (χ1n) is 17.2. The Hall–Kier alpha value is -6.45. The summed E-state index contributed by atoms with van der Waals surface area (Å²) in [6.45, 7) is 0. The van der Waals surface area contributed by atoms with E-state index in [-0.39, 0.29) is 0 Å². The summed E-state index contributed by atoms with van der Waals surface area (Å²) in [7, 11) is 0. The third-order valence-corrected chi connectivity index (χ3v) is 10.2. The van der Waals surface area contributed by atoms with Crippen molar-refractivity contribution >= 4 is 0 Å². The van der Waals surface area contributed by atoms with E-state index in [1.807, 2.05) is 24.3 Å². The maximum Gasteiger partial charge on any atom is 0.164 e. The maximum absolute atomic E-state index is 5.24. The van der Waals surface area contributed by atoms with E-state index in [9.17, 15) is 0 Å². The van der Waals surface area contributed by atoms with Crippen LogP contribution in [0.2, 0.25) is 0 Å². The van der Waals surface area contributed by atoms with Crippen LogP contribution >= 0.6 is 0 Å². The minimum absolute atomic E-state index is 0.674. The minimum atomic E-state index is 0.674. The van der Waals surface area contributed by atoms with E-state index in [0.717, 1.165) is 40.9 Å². The van der Waals surface area contributed by atoms with Gasteiger partial charge < -0.3 is 0 Å². The molecule has 0 N–H and O–H groups in total. The molecule has 0 saturated heterocycles. The molecular formula is C47H31N3. The van der Waals surface area contributed by atoms with E-state index >= 15 is 0 Å². The Balaban J connectivity index is 1.10. The number of benzene rings is 7. The van der Waals surface area contributed by atoms with Crippen LogP contribution in [0.15, 0.2) is 164 Å². The summed E-state index contributed by atoms with van der Waals surface area (Å²) in [4.78, 5) is 15.5. The molecule has 234 valence electrons. The molecule has 50 heavy (non-hydrogen) atoms. The van der Waals surface area contributed by atoms with E-state index in [1.165, 1.54) is 61.2 Å². The molecule has 1 heterocycles. The van der Waals surface area contributed by atoms with Crippen molar-refractivity contribution in [3.63, 3.8) is 0 Å². The Bertz CT molecular complexity index is 2550. The van der Waals surface area contributed by atoms with Gasteiger partial charge in [0.2, 0.25) is 0 Å². The van der Waals surface area contributed by atoms with Crippen molar-refractivity contribution in [1.29, 1.82) is 0 Å². The summed E-state index contributed by atoms with van der Waals surface area (Å²) >= 11 is 0. The Kier molecular flexibility index (Phi) is 6.63. The fraction of sp³-hybridized carbons (Fsp3) is 0.0426. The Morgan fingerprint density at radius 1 is 0.300 bits per heavy atom. The van der Waals surface area contributed by atoms with Crippen molar-refractivity contribution in [1.82, 2.24) is 15.0 Å². The second-order valence-corrected chi connectivity index (χ2v) is 13.2. The number of nitrogens with zero attached hydrogens (tertiary/aromatic N) is 3. The summed E-state index contributed by atoms with van der Waals surface area (Å²) in [6.07, 6.45) is 1.76. The van der Waals surface area contributed by atoms with Crippen LogP contribution in [-0.4, -0.2) is 15.0 Å². The molecule has 0 amide bonds. The van der Waals surface area contributed by atoms with Gasteiger partial charge in [-0.15, -0.1) is 0 Å². The third-order valence-electron chi connectivity index (χ3n) is 10.2. The van der Waals surface area contributed by atoms with Crippen molar-refractivity contribution in [3.05, 3.63) is 186 Å². The predicted molar refractivity (Wildman–Crippen MR) is 203 cm³/mol. The summed E-state index contributed by atoms with van der Waals surface area (Å²) in [5, 5.41) is 0. The first-order chi connectivity index (χ1) is 24.8.